The quantitative estimate of drug-likeness (QED) is 0.0421. The maximum Gasteiger partial charge on any atom is 0.220 e. The SMILES string of the molecule is CCCCCCC/C=C\C/C=C\C/C=C\CCCCCCCCCCCCCCCCCCCCC(=O)NC(CO)C(O)/C=C/CC/C=C/CCCCCCCCCCCCCCCC. The van der Waals surface area contributed by atoms with E-state index < -0.39 is 12.1 Å². The van der Waals surface area contributed by atoms with Crippen LogP contribution in [-0.4, -0.2) is 34.9 Å². The minimum atomic E-state index is -0.863. The fourth-order valence-corrected chi connectivity index (χ4v) is 8.79. The Bertz CT molecular complexity index is 1070. The van der Waals surface area contributed by atoms with Gasteiger partial charge >= 0.3 is 0 Å². The minimum Gasteiger partial charge on any atom is -0.394 e. The highest BCUT2D eigenvalue weighted by Crippen LogP contribution is 2.17. The molecule has 0 saturated heterocycles. The van der Waals surface area contributed by atoms with E-state index in [9.17, 15) is 15.0 Å². The Hall–Kier alpha value is -1.91. The van der Waals surface area contributed by atoms with Gasteiger partial charge < -0.3 is 15.5 Å². The molecule has 4 heteroatoms. The Morgan fingerprint density at radius 1 is 0.369 bits per heavy atom. The third-order valence-electron chi connectivity index (χ3n) is 13.2. The van der Waals surface area contributed by atoms with Crippen LogP contribution < -0.4 is 5.32 Å². The molecule has 0 aromatic rings. The van der Waals surface area contributed by atoms with Crippen molar-refractivity contribution < 1.29 is 15.0 Å². The van der Waals surface area contributed by atoms with Crippen LogP contribution >= 0.6 is 0 Å². The fraction of sp³-hybridized carbons (Fsp3) is 0.820. The molecule has 0 heterocycles. The maximum absolute atomic E-state index is 12.5. The first kappa shape index (κ1) is 63.1. The lowest BCUT2D eigenvalue weighted by atomic mass is 10.0. The normalized spacial score (nSPS) is 13.2. The molecule has 1 amide bonds. The lowest BCUT2D eigenvalue weighted by molar-refractivity contribution is -0.123. The van der Waals surface area contributed by atoms with E-state index in [-0.39, 0.29) is 12.5 Å². The van der Waals surface area contributed by atoms with Crippen molar-refractivity contribution in [3.05, 3.63) is 60.8 Å². The van der Waals surface area contributed by atoms with Gasteiger partial charge in [0.25, 0.3) is 0 Å². The van der Waals surface area contributed by atoms with Gasteiger partial charge in [-0.3, -0.25) is 4.79 Å². The van der Waals surface area contributed by atoms with E-state index in [4.69, 9.17) is 0 Å². The van der Waals surface area contributed by atoms with Crippen molar-refractivity contribution in [2.24, 2.45) is 0 Å². The van der Waals surface area contributed by atoms with Crippen LogP contribution in [0.4, 0.5) is 0 Å². The molecular weight excluding hydrogens is 795 g/mol. The number of carbonyl (C=O) groups excluding carboxylic acids is 1. The fourth-order valence-electron chi connectivity index (χ4n) is 8.79. The second kappa shape index (κ2) is 56.4. The summed E-state index contributed by atoms with van der Waals surface area (Å²) in [5.41, 5.74) is 0. The number of aliphatic hydroxyl groups excluding tert-OH is 2. The summed E-state index contributed by atoms with van der Waals surface area (Å²) >= 11 is 0. The molecule has 0 fully saturated rings. The zero-order valence-corrected chi connectivity index (χ0v) is 43.8. The van der Waals surface area contributed by atoms with Gasteiger partial charge in [0.1, 0.15) is 0 Å². The third kappa shape index (κ3) is 52.9. The molecular formula is C61H113NO3. The number of carbonyl (C=O) groups is 1. The highest BCUT2D eigenvalue weighted by molar-refractivity contribution is 5.76. The van der Waals surface area contributed by atoms with E-state index >= 15 is 0 Å². The molecule has 0 aromatic heterocycles. The molecule has 2 unspecified atom stereocenters. The second-order valence-corrected chi connectivity index (χ2v) is 19.7. The molecule has 0 spiro atoms. The zero-order chi connectivity index (χ0) is 47.0. The van der Waals surface area contributed by atoms with Crippen LogP contribution in [0.15, 0.2) is 60.8 Å². The van der Waals surface area contributed by atoms with Crippen molar-refractivity contribution in [2.45, 2.75) is 315 Å². The first-order valence-electron chi connectivity index (χ1n) is 29.0. The average Bonchev–Trinajstić information content (AvgIpc) is 3.31. The lowest BCUT2D eigenvalue weighted by Gasteiger charge is -2.19. The monoisotopic (exact) mass is 908 g/mol. The zero-order valence-electron chi connectivity index (χ0n) is 43.8. The van der Waals surface area contributed by atoms with Crippen LogP contribution in [0.5, 0.6) is 0 Å². The maximum atomic E-state index is 12.5. The molecule has 65 heavy (non-hydrogen) atoms. The Morgan fingerprint density at radius 2 is 0.646 bits per heavy atom. The van der Waals surface area contributed by atoms with Gasteiger partial charge in [-0.2, -0.15) is 0 Å². The Kier molecular flexibility index (Phi) is 54.8. The number of allylic oxidation sites excluding steroid dienone is 9. The molecule has 0 aliphatic heterocycles. The summed E-state index contributed by atoms with van der Waals surface area (Å²) in [6.07, 6.45) is 79.6. The van der Waals surface area contributed by atoms with E-state index in [0.717, 1.165) is 44.9 Å². The molecule has 0 aliphatic rings. The van der Waals surface area contributed by atoms with Gasteiger partial charge in [0, 0.05) is 6.42 Å². The molecule has 0 saturated carbocycles. The summed E-state index contributed by atoms with van der Waals surface area (Å²) in [4.78, 5) is 12.5. The van der Waals surface area contributed by atoms with Gasteiger partial charge in [0.2, 0.25) is 5.91 Å². The average molecular weight is 909 g/mol. The van der Waals surface area contributed by atoms with Gasteiger partial charge in [-0.1, -0.05) is 286 Å². The van der Waals surface area contributed by atoms with Crippen LogP contribution in [0.3, 0.4) is 0 Å². The molecule has 4 nitrogen and oxygen atoms in total. The van der Waals surface area contributed by atoms with E-state index in [1.807, 2.05) is 6.08 Å². The predicted octanol–water partition coefficient (Wildman–Crippen LogP) is 19.2. The Balaban J connectivity index is 3.50. The predicted molar refractivity (Wildman–Crippen MR) is 290 cm³/mol. The molecule has 0 aromatic carbocycles. The molecule has 380 valence electrons. The van der Waals surface area contributed by atoms with E-state index in [1.165, 1.54) is 238 Å². The number of hydrogen-bond acceptors (Lipinski definition) is 3. The summed E-state index contributed by atoms with van der Waals surface area (Å²) in [5, 5.41) is 23.1. The highest BCUT2D eigenvalue weighted by atomic mass is 16.3. The number of aliphatic hydroxyl groups is 2. The highest BCUT2D eigenvalue weighted by Gasteiger charge is 2.18. The standard InChI is InChI=1S/C61H113NO3/c1-3-5-7-9-11-13-15-17-19-21-23-25-26-27-28-29-30-31-32-33-34-35-36-37-39-41-43-45-47-49-51-53-55-57-61(65)62-59(58-63)60(64)56-54-52-50-48-46-44-42-40-38-24-22-20-18-16-14-12-10-8-6-4-2/h15,17,21,23,26-27,46,48,54,56,59-60,63-64H,3-14,16,18-20,22,24-25,28-45,47,49-53,55,57-58H2,1-2H3,(H,62,65)/b17-15-,23-21-,27-26-,48-46+,56-54+. The number of nitrogens with one attached hydrogen (secondary N) is 1. The molecule has 3 N–H and O–H groups in total. The smallest absolute Gasteiger partial charge is 0.220 e. The Morgan fingerprint density at radius 3 is 1.00 bits per heavy atom. The van der Waals surface area contributed by atoms with Crippen molar-refractivity contribution in [3.63, 3.8) is 0 Å². The summed E-state index contributed by atoms with van der Waals surface area (Å²) in [5.74, 6) is -0.0708. The summed E-state index contributed by atoms with van der Waals surface area (Å²) in [7, 11) is 0. The molecule has 0 aliphatic carbocycles. The minimum absolute atomic E-state index is 0.0708. The van der Waals surface area contributed by atoms with Crippen LogP contribution in [0, 0.1) is 0 Å². The molecule has 0 bridgehead atoms. The molecule has 0 rings (SSSR count). The van der Waals surface area contributed by atoms with E-state index in [0.29, 0.717) is 6.42 Å². The van der Waals surface area contributed by atoms with Gasteiger partial charge in [-0.25, -0.2) is 0 Å². The Labute approximate surface area is 406 Å². The number of unbranched alkanes of at least 4 members (excludes halogenated alkanes) is 38. The summed E-state index contributed by atoms with van der Waals surface area (Å²) < 4.78 is 0. The van der Waals surface area contributed by atoms with Crippen molar-refractivity contribution >= 4 is 5.91 Å². The van der Waals surface area contributed by atoms with Gasteiger partial charge in [0.05, 0.1) is 18.8 Å². The van der Waals surface area contributed by atoms with E-state index in [2.05, 4.69) is 67.8 Å². The van der Waals surface area contributed by atoms with Crippen molar-refractivity contribution in [2.75, 3.05) is 6.61 Å². The van der Waals surface area contributed by atoms with Crippen LogP contribution in [0.1, 0.15) is 303 Å². The number of hydrogen-bond donors (Lipinski definition) is 3. The largest absolute Gasteiger partial charge is 0.394 e. The van der Waals surface area contributed by atoms with Crippen LogP contribution in [0.25, 0.3) is 0 Å². The number of amides is 1. The van der Waals surface area contributed by atoms with Gasteiger partial charge in [0.15, 0.2) is 0 Å². The molecule has 2 atom stereocenters. The second-order valence-electron chi connectivity index (χ2n) is 19.7. The molecule has 0 radical (unpaired) electrons. The lowest BCUT2D eigenvalue weighted by Crippen LogP contribution is -2.45. The number of rotatable bonds is 53. The van der Waals surface area contributed by atoms with E-state index in [1.54, 1.807) is 6.08 Å². The topological polar surface area (TPSA) is 69.6 Å². The van der Waals surface area contributed by atoms with Crippen molar-refractivity contribution in [1.29, 1.82) is 0 Å². The van der Waals surface area contributed by atoms with Gasteiger partial charge in [-0.05, 0) is 70.6 Å². The first-order chi connectivity index (χ1) is 32.2. The van der Waals surface area contributed by atoms with Crippen LogP contribution in [-0.2, 0) is 4.79 Å². The third-order valence-corrected chi connectivity index (χ3v) is 13.2. The van der Waals surface area contributed by atoms with Crippen molar-refractivity contribution in [3.8, 4) is 0 Å². The van der Waals surface area contributed by atoms with Gasteiger partial charge in [-0.15, -0.1) is 0 Å². The summed E-state index contributed by atoms with van der Waals surface area (Å²) in [6, 6.07) is -0.640. The first-order valence-corrected chi connectivity index (χ1v) is 29.0. The van der Waals surface area contributed by atoms with Crippen molar-refractivity contribution in [1.82, 2.24) is 5.32 Å². The van der Waals surface area contributed by atoms with Crippen LogP contribution in [0.2, 0.25) is 0 Å². The summed E-state index contributed by atoms with van der Waals surface area (Å²) in [6.45, 7) is 4.31.